The van der Waals surface area contributed by atoms with Gasteiger partial charge in [-0.1, -0.05) is 12.2 Å². The van der Waals surface area contributed by atoms with E-state index in [9.17, 15) is 0 Å². The molecule has 2 nitrogen and oxygen atoms in total. The summed E-state index contributed by atoms with van der Waals surface area (Å²) < 4.78 is 5.56. The molecule has 0 spiro atoms. The number of hydrogen-bond acceptors (Lipinski definition) is 2. The van der Waals surface area contributed by atoms with Gasteiger partial charge < -0.3 is 10.1 Å². The zero-order valence-corrected chi connectivity index (χ0v) is 8.89. The van der Waals surface area contributed by atoms with E-state index >= 15 is 0 Å². The summed E-state index contributed by atoms with van der Waals surface area (Å²) in [5.41, 5.74) is 0. The number of allylic oxidation sites excluding steroid dienone is 1. The molecule has 3 heteroatoms. The van der Waals surface area contributed by atoms with Crippen molar-refractivity contribution in [2.24, 2.45) is 0 Å². The largest absolute Gasteiger partial charge is 0.377 e. The van der Waals surface area contributed by atoms with E-state index in [1.807, 2.05) is 6.08 Å². The molecule has 0 aromatic heterocycles. The van der Waals surface area contributed by atoms with E-state index in [0.717, 1.165) is 13.2 Å². The third-order valence-electron chi connectivity index (χ3n) is 2.34. The van der Waals surface area contributed by atoms with Crippen LogP contribution in [0.1, 0.15) is 19.8 Å². The Morgan fingerprint density at radius 3 is 3.08 bits per heavy atom. The summed E-state index contributed by atoms with van der Waals surface area (Å²) in [7, 11) is 0. The molecule has 1 heterocycles. The van der Waals surface area contributed by atoms with Crippen LogP contribution < -0.4 is 5.32 Å². The average Bonchev–Trinajstić information content (AvgIpc) is 2.65. The Balaban J connectivity index is 2.09. The molecule has 1 aliphatic heterocycles. The van der Waals surface area contributed by atoms with Gasteiger partial charge in [-0.05, 0) is 19.8 Å². The normalized spacial score (nSPS) is 25.5. The molecule has 1 fully saturated rings. The highest BCUT2D eigenvalue weighted by molar-refractivity contribution is 6.18. The molecule has 1 aliphatic rings. The molecule has 0 saturated carbocycles. The lowest BCUT2D eigenvalue weighted by molar-refractivity contribution is 0.0849. The molecular weight excluding hydrogens is 186 g/mol. The van der Waals surface area contributed by atoms with E-state index in [1.54, 1.807) is 0 Å². The minimum Gasteiger partial charge on any atom is -0.377 e. The minimum atomic E-state index is 0.407. The molecule has 76 valence electrons. The summed E-state index contributed by atoms with van der Waals surface area (Å²) in [5, 5.41) is 3.39. The van der Waals surface area contributed by atoms with Crippen molar-refractivity contribution in [1.82, 2.24) is 5.32 Å². The van der Waals surface area contributed by atoms with Crippen molar-refractivity contribution in [2.75, 3.05) is 19.0 Å². The first-order valence-corrected chi connectivity index (χ1v) is 5.44. The maximum absolute atomic E-state index is 5.56. The predicted octanol–water partition coefficient (Wildman–Crippen LogP) is 1.94. The fraction of sp³-hybridized carbons (Fsp3) is 0.800. The van der Waals surface area contributed by atoms with Crippen LogP contribution in [0.25, 0.3) is 0 Å². The number of rotatable bonds is 5. The van der Waals surface area contributed by atoms with Gasteiger partial charge in [0.05, 0.1) is 6.10 Å². The van der Waals surface area contributed by atoms with E-state index in [0.29, 0.717) is 18.0 Å². The number of ether oxygens (including phenoxy) is 1. The molecule has 2 unspecified atom stereocenters. The number of hydrogen-bond donors (Lipinski definition) is 1. The molecular formula is C10H18ClNO. The molecule has 0 aromatic carbocycles. The summed E-state index contributed by atoms with van der Waals surface area (Å²) in [5.74, 6) is 0.593. The fourth-order valence-corrected chi connectivity index (χ4v) is 1.65. The van der Waals surface area contributed by atoms with Crippen LogP contribution in [0.15, 0.2) is 12.2 Å². The molecule has 0 aromatic rings. The van der Waals surface area contributed by atoms with E-state index in [-0.39, 0.29) is 0 Å². The van der Waals surface area contributed by atoms with Crippen molar-refractivity contribution in [3.8, 4) is 0 Å². The van der Waals surface area contributed by atoms with E-state index in [4.69, 9.17) is 16.3 Å². The Labute approximate surface area is 85.3 Å². The number of halogens is 1. The topological polar surface area (TPSA) is 21.3 Å². The Morgan fingerprint density at radius 1 is 1.62 bits per heavy atom. The zero-order valence-electron chi connectivity index (χ0n) is 8.13. The monoisotopic (exact) mass is 203 g/mol. The summed E-state index contributed by atoms with van der Waals surface area (Å²) >= 11 is 5.50. The van der Waals surface area contributed by atoms with Gasteiger partial charge in [0.15, 0.2) is 0 Å². The van der Waals surface area contributed by atoms with Gasteiger partial charge in [-0.25, -0.2) is 0 Å². The lowest BCUT2D eigenvalue weighted by Gasteiger charge is -2.18. The molecule has 13 heavy (non-hydrogen) atoms. The Bertz CT molecular complexity index is 155. The first-order chi connectivity index (χ1) is 6.34. The van der Waals surface area contributed by atoms with Crippen LogP contribution in [0.3, 0.4) is 0 Å². The second-order valence-corrected chi connectivity index (χ2v) is 3.68. The van der Waals surface area contributed by atoms with Gasteiger partial charge in [0.25, 0.3) is 0 Å². The van der Waals surface area contributed by atoms with Crippen LogP contribution >= 0.6 is 11.6 Å². The molecule has 1 saturated heterocycles. The van der Waals surface area contributed by atoms with Crippen molar-refractivity contribution in [3.63, 3.8) is 0 Å². The quantitative estimate of drug-likeness (QED) is 0.545. The highest BCUT2D eigenvalue weighted by Crippen LogP contribution is 2.14. The van der Waals surface area contributed by atoms with E-state index in [1.165, 1.54) is 12.8 Å². The van der Waals surface area contributed by atoms with Crippen LogP contribution in [0, 0.1) is 0 Å². The SMILES string of the molecule is CC(NC/C=C/CCl)C1CCCO1. The molecule has 0 amide bonds. The van der Waals surface area contributed by atoms with Gasteiger partial charge in [-0.2, -0.15) is 0 Å². The van der Waals surface area contributed by atoms with Crippen molar-refractivity contribution in [3.05, 3.63) is 12.2 Å². The smallest absolute Gasteiger partial charge is 0.0726 e. The summed E-state index contributed by atoms with van der Waals surface area (Å²) in [6.07, 6.45) is 6.81. The van der Waals surface area contributed by atoms with Gasteiger partial charge in [0.1, 0.15) is 0 Å². The van der Waals surface area contributed by atoms with Gasteiger partial charge >= 0.3 is 0 Å². The first-order valence-electron chi connectivity index (χ1n) is 4.90. The molecule has 0 aliphatic carbocycles. The van der Waals surface area contributed by atoms with Crippen molar-refractivity contribution in [1.29, 1.82) is 0 Å². The van der Waals surface area contributed by atoms with Crippen LogP contribution in [-0.4, -0.2) is 31.2 Å². The number of nitrogens with one attached hydrogen (secondary N) is 1. The Kier molecular flexibility index (Phi) is 5.44. The second kappa shape index (κ2) is 6.41. The average molecular weight is 204 g/mol. The third kappa shape index (κ3) is 4.12. The van der Waals surface area contributed by atoms with Crippen LogP contribution in [-0.2, 0) is 4.74 Å². The molecule has 0 radical (unpaired) electrons. The minimum absolute atomic E-state index is 0.407. The summed E-state index contributed by atoms with van der Waals surface area (Å²) in [6, 6.07) is 0.447. The highest BCUT2D eigenvalue weighted by Gasteiger charge is 2.20. The van der Waals surface area contributed by atoms with E-state index in [2.05, 4.69) is 18.3 Å². The molecule has 1 N–H and O–H groups in total. The summed E-state index contributed by atoms with van der Waals surface area (Å²) in [4.78, 5) is 0. The van der Waals surface area contributed by atoms with Crippen LogP contribution in [0.4, 0.5) is 0 Å². The second-order valence-electron chi connectivity index (χ2n) is 3.37. The van der Waals surface area contributed by atoms with Gasteiger partial charge in [0.2, 0.25) is 0 Å². The predicted molar refractivity (Wildman–Crippen MR) is 56.3 cm³/mol. The van der Waals surface area contributed by atoms with Gasteiger partial charge in [-0.3, -0.25) is 0 Å². The van der Waals surface area contributed by atoms with Crippen LogP contribution in [0.5, 0.6) is 0 Å². The molecule has 2 atom stereocenters. The number of alkyl halides is 1. The lowest BCUT2D eigenvalue weighted by atomic mass is 10.1. The molecule has 1 rings (SSSR count). The Morgan fingerprint density at radius 2 is 2.46 bits per heavy atom. The van der Waals surface area contributed by atoms with Gasteiger partial charge in [-0.15, -0.1) is 11.6 Å². The van der Waals surface area contributed by atoms with Crippen molar-refractivity contribution >= 4 is 11.6 Å². The highest BCUT2D eigenvalue weighted by atomic mass is 35.5. The standard InChI is InChI=1S/C10H18ClNO/c1-9(10-5-4-8-13-10)12-7-3-2-6-11/h2-3,9-10,12H,4-8H2,1H3/b3-2+. The third-order valence-corrected chi connectivity index (χ3v) is 2.51. The van der Waals surface area contributed by atoms with Crippen molar-refractivity contribution < 1.29 is 4.74 Å². The summed E-state index contributed by atoms with van der Waals surface area (Å²) in [6.45, 7) is 3.98. The first kappa shape index (κ1) is 11.0. The lowest BCUT2D eigenvalue weighted by Crippen LogP contribution is -2.36. The van der Waals surface area contributed by atoms with E-state index < -0.39 is 0 Å². The Hall–Kier alpha value is -0.0500. The molecule has 0 bridgehead atoms. The zero-order chi connectivity index (χ0) is 9.52. The van der Waals surface area contributed by atoms with Crippen molar-refractivity contribution in [2.45, 2.75) is 31.9 Å². The van der Waals surface area contributed by atoms with Gasteiger partial charge in [0, 0.05) is 25.1 Å². The maximum Gasteiger partial charge on any atom is 0.0726 e. The van der Waals surface area contributed by atoms with Crippen LogP contribution in [0.2, 0.25) is 0 Å². The fourth-order valence-electron chi connectivity index (χ4n) is 1.53. The maximum atomic E-state index is 5.56.